The molecule has 2 rings (SSSR count). The van der Waals surface area contributed by atoms with E-state index in [2.05, 4.69) is 4.74 Å². The van der Waals surface area contributed by atoms with Gasteiger partial charge in [0.25, 0.3) is 21.4 Å². The van der Waals surface area contributed by atoms with Crippen molar-refractivity contribution in [3.63, 3.8) is 0 Å². The Kier molecular flexibility index (Phi) is 5.69. The summed E-state index contributed by atoms with van der Waals surface area (Å²) in [6.07, 6.45) is -1.68. The molecule has 1 N–H and O–H groups in total. The number of amides is 1. The number of esters is 1. The second-order valence-corrected chi connectivity index (χ2v) is 7.03. The summed E-state index contributed by atoms with van der Waals surface area (Å²) >= 11 is 0. The molecule has 0 atom stereocenters. The lowest BCUT2D eigenvalue weighted by molar-refractivity contribution is -0.394. The zero-order valence-electron chi connectivity index (χ0n) is 14.0. The number of hydrogen-bond acceptors (Lipinski definition) is 9. The first-order valence-electron chi connectivity index (χ1n) is 7.29. The number of carbonyl (C=O) groups is 2. The van der Waals surface area contributed by atoms with Crippen LogP contribution in [0.4, 0.5) is 16.2 Å². The predicted octanol–water partition coefficient (Wildman–Crippen LogP) is 2.07. The molecule has 28 heavy (non-hydrogen) atoms. The Hall–Kier alpha value is -3.87. The maximum Gasteiger partial charge on any atom is 0.429 e. The molecular formula is C15H11N3O9S. The molecule has 1 amide bonds. The maximum atomic E-state index is 12.1. The third kappa shape index (κ3) is 4.85. The summed E-state index contributed by atoms with van der Waals surface area (Å²) in [5.41, 5.74) is -1.65. The molecule has 0 radical (unpaired) electrons. The first kappa shape index (κ1) is 20.4. The van der Waals surface area contributed by atoms with Crippen molar-refractivity contribution in [2.75, 3.05) is 0 Å². The highest BCUT2D eigenvalue weighted by atomic mass is 32.2. The largest absolute Gasteiger partial charge is 0.429 e. The fourth-order valence-electron chi connectivity index (χ4n) is 2.04. The van der Waals surface area contributed by atoms with Crippen LogP contribution in [0.25, 0.3) is 0 Å². The van der Waals surface area contributed by atoms with E-state index in [4.69, 9.17) is 0 Å². The Balaban J connectivity index is 2.21. The van der Waals surface area contributed by atoms with Gasteiger partial charge in [0.2, 0.25) is 0 Å². The smallest absolute Gasteiger partial charge is 0.372 e. The zero-order valence-corrected chi connectivity index (χ0v) is 14.8. The number of nitrogens with one attached hydrogen (secondary N) is 1. The van der Waals surface area contributed by atoms with Gasteiger partial charge >= 0.3 is 12.1 Å². The van der Waals surface area contributed by atoms with Crippen molar-refractivity contribution in [1.29, 1.82) is 0 Å². The van der Waals surface area contributed by atoms with Crippen LogP contribution < -0.4 is 4.72 Å². The molecule has 0 aliphatic heterocycles. The van der Waals surface area contributed by atoms with E-state index < -0.39 is 48.9 Å². The molecule has 0 spiro atoms. The van der Waals surface area contributed by atoms with Gasteiger partial charge in [0, 0.05) is 12.1 Å². The van der Waals surface area contributed by atoms with E-state index in [0.29, 0.717) is 23.8 Å². The van der Waals surface area contributed by atoms with Crippen molar-refractivity contribution in [3.8, 4) is 0 Å². The Morgan fingerprint density at radius 3 is 2.07 bits per heavy atom. The van der Waals surface area contributed by atoms with E-state index in [9.17, 15) is 38.2 Å². The lowest BCUT2D eigenvalue weighted by Gasteiger charge is -2.07. The van der Waals surface area contributed by atoms with Gasteiger partial charge in [-0.2, -0.15) is 0 Å². The third-order valence-corrected chi connectivity index (χ3v) is 4.57. The van der Waals surface area contributed by atoms with Gasteiger partial charge in [-0.1, -0.05) is 12.1 Å². The summed E-state index contributed by atoms with van der Waals surface area (Å²) in [6, 6.07) is 7.43. The Labute approximate surface area is 157 Å². The second-order valence-electron chi connectivity index (χ2n) is 5.35. The number of nitrogens with zero attached hydrogens (tertiary/aromatic N) is 2. The molecule has 2 aromatic rings. The first-order chi connectivity index (χ1) is 13.0. The normalized spacial score (nSPS) is 10.8. The fraction of sp³-hybridized carbons (Fsp3) is 0.0667. The Morgan fingerprint density at radius 2 is 1.57 bits per heavy atom. The van der Waals surface area contributed by atoms with Gasteiger partial charge in [-0.05, 0) is 24.6 Å². The highest BCUT2D eigenvalue weighted by Crippen LogP contribution is 2.23. The third-order valence-electron chi connectivity index (χ3n) is 3.26. The SMILES string of the molecule is Cc1cccc(S(=O)(=O)NC(=O)OC(=O)c2cc([N+](=O)[O-])cc([N+](=O)[O-])c2)c1. The zero-order chi connectivity index (χ0) is 21.1. The van der Waals surface area contributed by atoms with Crippen LogP contribution in [0.1, 0.15) is 15.9 Å². The van der Waals surface area contributed by atoms with Gasteiger partial charge in [-0.25, -0.2) is 22.7 Å². The highest BCUT2D eigenvalue weighted by Gasteiger charge is 2.25. The van der Waals surface area contributed by atoms with Gasteiger partial charge in [0.15, 0.2) is 0 Å². The lowest BCUT2D eigenvalue weighted by atomic mass is 10.2. The van der Waals surface area contributed by atoms with E-state index in [1.54, 1.807) is 13.0 Å². The topological polar surface area (TPSA) is 176 Å². The summed E-state index contributed by atoms with van der Waals surface area (Å²) in [5.74, 6) is -1.51. The summed E-state index contributed by atoms with van der Waals surface area (Å²) in [5, 5.41) is 21.6. The molecule has 0 aliphatic carbocycles. The van der Waals surface area contributed by atoms with Gasteiger partial charge in [0.1, 0.15) is 0 Å². The molecule has 0 heterocycles. The van der Waals surface area contributed by atoms with Crippen LogP contribution in [0.15, 0.2) is 47.4 Å². The Bertz CT molecular complexity index is 1060. The van der Waals surface area contributed by atoms with Crippen LogP contribution in [0.3, 0.4) is 0 Å². The van der Waals surface area contributed by atoms with Crippen LogP contribution in [0.2, 0.25) is 0 Å². The molecule has 0 unspecified atom stereocenters. The van der Waals surface area contributed by atoms with E-state index in [1.165, 1.54) is 22.9 Å². The van der Waals surface area contributed by atoms with Crippen molar-refractivity contribution in [1.82, 2.24) is 4.72 Å². The quantitative estimate of drug-likeness (QED) is 0.335. The molecule has 146 valence electrons. The number of hydrogen-bond donors (Lipinski definition) is 1. The maximum absolute atomic E-state index is 12.1. The van der Waals surface area contributed by atoms with Crippen molar-refractivity contribution >= 4 is 33.5 Å². The number of rotatable bonds is 5. The summed E-state index contributed by atoms with van der Waals surface area (Å²) < 4.78 is 30.0. The van der Waals surface area contributed by atoms with Crippen LogP contribution in [0.5, 0.6) is 0 Å². The lowest BCUT2D eigenvalue weighted by Crippen LogP contribution is -2.32. The fourth-order valence-corrected chi connectivity index (χ4v) is 3.02. The van der Waals surface area contributed by atoms with Crippen molar-refractivity contribution in [3.05, 3.63) is 73.8 Å². The number of sulfonamides is 1. The van der Waals surface area contributed by atoms with Crippen LogP contribution in [0, 0.1) is 27.2 Å². The van der Waals surface area contributed by atoms with Gasteiger partial charge in [-0.15, -0.1) is 0 Å². The number of nitro benzene ring substituents is 2. The summed E-state index contributed by atoms with van der Waals surface area (Å²) in [4.78, 5) is 43.1. The van der Waals surface area contributed by atoms with Gasteiger partial charge in [-0.3, -0.25) is 20.2 Å². The van der Waals surface area contributed by atoms with Crippen LogP contribution in [-0.2, 0) is 14.8 Å². The molecular weight excluding hydrogens is 398 g/mol. The van der Waals surface area contributed by atoms with E-state index in [0.717, 1.165) is 0 Å². The van der Waals surface area contributed by atoms with Crippen molar-refractivity contribution in [2.45, 2.75) is 11.8 Å². The first-order valence-corrected chi connectivity index (χ1v) is 8.77. The standard InChI is InChI=1S/C15H11N3O9S/c1-9-3-2-4-13(5-9)28(25,26)16-15(20)27-14(19)10-6-11(17(21)22)8-12(7-10)18(23)24/h2-8H,1H3,(H,16,20). The van der Waals surface area contributed by atoms with Gasteiger partial charge < -0.3 is 4.74 Å². The molecule has 0 aromatic heterocycles. The summed E-state index contributed by atoms with van der Waals surface area (Å²) in [6.45, 7) is 1.62. The predicted molar refractivity (Wildman–Crippen MR) is 92.1 cm³/mol. The minimum Gasteiger partial charge on any atom is -0.372 e. The summed E-state index contributed by atoms with van der Waals surface area (Å²) in [7, 11) is -4.35. The minimum absolute atomic E-state index is 0.261. The molecule has 0 aliphatic rings. The number of non-ortho nitro benzene ring substituents is 2. The van der Waals surface area contributed by atoms with Crippen LogP contribution >= 0.6 is 0 Å². The highest BCUT2D eigenvalue weighted by molar-refractivity contribution is 7.90. The molecule has 12 nitrogen and oxygen atoms in total. The molecule has 0 saturated heterocycles. The average molecular weight is 409 g/mol. The minimum atomic E-state index is -4.35. The van der Waals surface area contributed by atoms with E-state index >= 15 is 0 Å². The number of ether oxygens (including phenoxy) is 1. The molecule has 13 heteroatoms. The number of carbonyl (C=O) groups excluding carboxylic acids is 2. The van der Waals surface area contributed by atoms with E-state index in [-0.39, 0.29) is 4.90 Å². The monoisotopic (exact) mass is 409 g/mol. The van der Waals surface area contributed by atoms with Crippen molar-refractivity contribution in [2.24, 2.45) is 0 Å². The molecule has 0 fully saturated rings. The molecule has 0 saturated carbocycles. The van der Waals surface area contributed by atoms with Gasteiger partial charge in [0.05, 0.1) is 26.4 Å². The molecule has 0 bridgehead atoms. The van der Waals surface area contributed by atoms with Crippen molar-refractivity contribution < 1.29 is 32.6 Å². The number of aryl methyl sites for hydroxylation is 1. The average Bonchev–Trinajstić information content (AvgIpc) is 2.60. The second kappa shape index (κ2) is 7.79. The van der Waals surface area contributed by atoms with E-state index in [1.807, 2.05) is 0 Å². The Morgan fingerprint density at radius 1 is 1.00 bits per heavy atom. The molecule has 2 aromatic carbocycles. The van der Waals surface area contributed by atoms with Crippen LogP contribution in [-0.4, -0.2) is 30.3 Å². The number of benzene rings is 2. The number of nitro groups is 2.